The number of rotatable bonds is 3. The third kappa shape index (κ3) is 2.61. The normalized spacial score (nSPS) is 30.3. The van der Waals surface area contributed by atoms with Crippen molar-refractivity contribution in [2.24, 2.45) is 11.1 Å². The number of nitrogens with two attached hydrogens (primary N) is 1. The number of piperidine rings is 1. The number of phenolic OH excluding ortho intramolecular Hbond substituents is 1. The lowest BCUT2D eigenvalue weighted by Gasteiger charge is -2.65. The molecule has 158 valence electrons. The lowest BCUT2D eigenvalue weighted by atomic mass is 9.45. The number of phenols is 1. The van der Waals surface area contributed by atoms with Gasteiger partial charge in [0.2, 0.25) is 0 Å². The number of likely N-dealkylation sites (tertiary alicyclic amines) is 1. The molecule has 2 aromatic rings. The van der Waals surface area contributed by atoms with Crippen LogP contribution < -0.4 is 11.1 Å². The standard InChI is InChI=1S/C25H31N3O2/c1-24-9-5-6-10-25(24)11-12-28(2)22(24)14-16-13-20(21(29)15-18(16)25)27-19-8-4-3-7-17(19)23(26)30/h3-4,7-8,13,15,22,27,29H,5-6,9-12,14H2,1-2H3,(H2,26,30)/t22-,24+,25+/m0/s1. The minimum atomic E-state index is -0.483. The number of nitrogens with zero attached hydrogens (tertiary/aromatic N) is 1. The van der Waals surface area contributed by atoms with Gasteiger partial charge in [-0.25, -0.2) is 0 Å². The van der Waals surface area contributed by atoms with Gasteiger partial charge in [-0.2, -0.15) is 0 Å². The fourth-order valence-corrected chi connectivity index (χ4v) is 6.82. The van der Waals surface area contributed by atoms with Crippen molar-refractivity contribution in [2.75, 3.05) is 18.9 Å². The quantitative estimate of drug-likeness (QED) is 0.665. The Labute approximate surface area is 178 Å². The zero-order valence-corrected chi connectivity index (χ0v) is 17.9. The maximum absolute atomic E-state index is 11.8. The molecule has 2 aliphatic carbocycles. The average Bonchev–Trinajstić information content (AvgIpc) is 2.72. The monoisotopic (exact) mass is 405 g/mol. The van der Waals surface area contributed by atoms with Gasteiger partial charge < -0.3 is 21.1 Å². The number of amides is 1. The van der Waals surface area contributed by atoms with E-state index in [1.54, 1.807) is 12.1 Å². The van der Waals surface area contributed by atoms with Gasteiger partial charge in [-0.05, 0) is 80.1 Å². The van der Waals surface area contributed by atoms with Crippen molar-refractivity contribution < 1.29 is 9.90 Å². The van der Waals surface area contributed by atoms with E-state index < -0.39 is 5.91 Å². The molecule has 1 saturated carbocycles. The number of nitrogens with one attached hydrogen (secondary N) is 1. The second kappa shape index (κ2) is 6.74. The van der Waals surface area contributed by atoms with E-state index in [0.717, 1.165) is 19.4 Å². The first-order chi connectivity index (χ1) is 14.4. The summed E-state index contributed by atoms with van der Waals surface area (Å²) in [6.45, 7) is 3.61. The van der Waals surface area contributed by atoms with Gasteiger partial charge >= 0.3 is 0 Å². The summed E-state index contributed by atoms with van der Waals surface area (Å²) in [5.41, 5.74) is 10.3. The molecule has 2 aromatic carbocycles. The van der Waals surface area contributed by atoms with Gasteiger partial charge in [0.15, 0.2) is 0 Å². The lowest BCUT2D eigenvalue weighted by molar-refractivity contribution is -0.0735. The SMILES string of the molecule is CN1CC[C@@]23CCCC[C@]2(C)[C@@H]1Cc1cc(Nc2ccccc2C(N)=O)c(O)cc13. The van der Waals surface area contributed by atoms with E-state index in [-0.39, 0.29) is 16.6 Å². The Hall–Kier alpha value is -2.53. The van der Waals surface area contributed by atoms with Crippen LogP contribution in [0.25, 0.3) is 0 Å². The Kier molecular flexibility index (Phi) is 4.37. The van der Waals surface area contributed by atoms with E-state index in [1.165, 1.54) is 36.8 Å². The van der Waals surface area contributed by atoms with Crippen molar-refractivity contribution in [3.8, 4) is 5.75 Å². The van der Waals surface area contributed by atoms with Crippen molar-refractivity contribution >= 4 is 17.3 Å². The fourth-order valence-electron chi connectivity index (χ4n) is 6.82. The summed E-state index contributed by atoms with van der Waals surface area (Å²) >= 11 is 0. The van der Waals surface area contributed by atoms with Crippen LogP contribution in [-0.2, 0) is 11.8 Å². The first kappa shape index (κ1) is 19.4. The number of benzene rings is 2. The van der Waals surface area contributed by atoms with E-state index in [4.69, 9.17) is 5.73 Å². The minimum Gasteiger partial charge on any atom is -0.506 e. The van der Waals surface area contributed by atoms with Crippen LogP contribution in [0.4, 0.5) is 11.4 Å². The van der Waals surface area contributed by atoms with Gasteiger partial charge in [-0.1, -0.05) is 31.9 Å². The number of carbonyl (C=O) groups excluding carboxylic acids is 1. The average molecular weight is 406 g/mol. The molecule has 3 atom stereocenters. The molecule has 5 rings (SSSR count). The van der Waals surface area contributed by atoms with Gasteiger partial charge in [0, 0.05) is 11.5 Å². The molecule has 1 amide bonds. The largest absolute Gasteiger partial charge is 0.506 e. The molecule has 2 bridgehead atoms. The molecule has 0 unspecified atom stereocenters. The van der Waals surface area contributed by atoms with Crippen LogP contribution in [0.5, 0.6) is 5.75 Å². The Morgan fingerprint density at radius 1 is 1.17 bits per heavy atom. The third-order valence-electron chi connectivity index (χ3n) is 8.41. The van der Waals surface area contributed by atoms with E-state index in [0.29, 0.717) is 23.0 Å². The van der Waals surface area contributed by atoms with Gasteiger partial charge in [0.1, 0.15) is 5.75 Å². The molecule has 5 heteroatoms. The highest BCUT2D eigenvalue weighted by Gasteiger charge is 2.60. The Balaban J connectivity index is 1.60. The smallest absolute Gasteiger partial charge is 0.250 e. The first-order valence-corrected chi connectivity index (χ1v) is 11.1. The van der Waals surface area contributed by atoms with E-state index in [9.17, 15) is 9.90 Å². The Bertz CT molecular complexity index is 1020. The van der Waals surface area contributed by atoms with Gasteiger partial charge in [-0.15, -0.1) is 0 Å². The molecule has 4 N–H and O–H groups in total. The molecule has 2 fully saturated rings. The van der Waals surface area contributed by atoms with Gasteiger partial charge in [0.25, 0.3) is 5.91 Å². The Morgan fingerprint density at radius 3 is 2.73 bits per heavy atom. The van der Waals surface area contributed by atoms with Crippen LogP contribution in [0.15, 0.2) is 36.4 Å². The van der Waals surface area contributed by atoms with Crippen LogP contribution in [0.3, 0.4) is 0 Å². The predicted molar refractivity (Wildman–Crippen MR) is 119 cm³/mol. The van der Waals surface area contributed by atoms with Crippen molar-refractivity contribution in [1.29, 1.82) is 0 Å². The summed E-state index contributed by atoms with van der Waals surface area (Å²) in [5.74, 6) is -0.240. The molecular formula is C25H31N3O2. The summed E-state index contributed by atoms with van der Waals surface area (Å²) in [4.78, 5) is 14.4. The molecule has 1 aliphatic heterocycles. The van der Waals surface area contributed by atoms with Crippen molar-refractivity contribution in [2.45, 2.75) is 56.9 Å². The highest BCUT2D eigenvalue weighted by atomic mass is 16.3. The third-order valence-corrected chi connectivity index (χ3v) is 8.41. The number of hydrogen-bond acceptors (Lipinski definition) is 4. The molecule has 5 nitrogen and oxygen atoms in total. The zero-order chi connectivity index (χ0) is 21.1. The molecule has 30 heavy (non-hydrogen) atoms. The number of anilines is 2. The number of hydrogen-bond donors (Lipinski definition) is 3. The summed E-state index contributed by atoms with van der Waals surface area (Å²) < 4.78 is 0. The van der Waals surface area contributed by atoms with Crippen LogP contribution in [0.1, 0.15) is 60.5 Å². The van der Waals surface area contributed by atoms with Crippen molar-refractivity contribution in [1.82, 2.24) is 4.90 Å². The summed E-state index contributed by atoms with van der Waals surface area (Å²) in [6.07, 6.45) is 7.17. The molecule has 0 spiro atoms. The first-order valence-electron chi connectivity index (χ1n) is 11.1. The van der Waals surface area contributed by atoms with Crippen LogP contribution >= 0.6 is 0 Å². The molecule has 1 heterocycles. The maximum atomic E-state index is 11.8. The highest BCUT2D eigenvalue weighted by molar-refractivity contribution is 5.99. The second-order valence-corrected chi connectivity index (χ2v) is 9.72. The summed E-state index contributed by atoms with van der Waals surface area (Å²) in [6, 6.07) is 11.8. The topological polar surface area (TPSA) is 78.6 Å². The number of likely N-dealkylation sites (N-methyl/N-ethyl adjacent to an activating group) is 1. The van der Waals surface area contributed by atoms with Crippen LogP contribution in [-0.4, -0.2) is 35.5 Å². The molecule has 1 saturated heterocycles. The number of fused-ring (bicyclic) bond motifs is 1. The van der Waals surface area contributed by atoms with Crippen molar-refractivity contribution in [3.63, 3.8) is 0 Å². The van der Waals surface area contributed by atoms with E-state index in [1.807, 2.05) is 18.2 Å². The molecule has 0 aromatic heterocycles. The van der Waals surface area contributed by atoms with Gasteiger partial charge in [0.05, 0.1) is 16.9 Å². The van der Waals surface area contributed by atoms with E-state index in [2.05, 4.69) is 30.3 Å². The van der Waals surface area contributed by atoms with Crippen LogP contribution in [0, 0.1) is 5.41 Å². The van der Waals surface area contributed by atoms with Gasteiger partial charge in [-0.3, -0.25) is 4.79 Å². The van der Waals surface area contributed by atoms with Crippen LogP contribution in [0.2, 0.25) is 0 Å². The molecule has 0 radical (unpaired) electrons. The maximum Gasteiger partial charge on any atom is 0.250 e. The molecule has 3 aliphatic rings. The number of carbonyl (C=O) groups is 1. The highest BCUT2D eigenvalue weighted by Crippen LogP contribution is 2.63. The fraction of sp³-hybridized carbons (Fsp3) is 0.480. The van der Waals surface area contributed by atoms with E-state index >= 15 is 0 Å². The summed E-state index contributed by atoms with van der Waals surface area (Å²) in [5, 5.41) is 14.3. The minimum absolute atomic E-state index is 0.150. The van der Waals surface area contributed by atoms with Crippen molar-refractivity contribution in [3.05, 3.63) is 53.1 Å². The summed E-state index contributed by atoms with van der Waals surface area (Å²) in [7, 11) is 2.27. The number of primary amides is 1. The predicted octanol–water partition coefficient (Wildman–Crippen LogP) is 4.31. The lowest BCUT2D eigenvalue weighted by Crippen LogP contribution is -2.66. The second-order valence-electron chi connectivity index (χ2n) is 9.72. The molecular weight excluding hydrogens is 374 g/mol. The zero-order valence-electron chi connectivity index (χ0n) is 17.9. The number of aromatic hydroxyl groups is 1. The number of para-hydroxylation sites is 1. The Morgan fingerprint density at radius 2 is 1.93 bits per heavy atom.